The van der Waals surface area contributed by atoms with E-state index in [-0.39, 0.29) is 12.1 Å². The first-order valence-corrected chi connectivity index (χ1v) is 8.29. The van der Waals surface area contributed by atoms with E-state index >= 15 is 0 Å². The van der Waals surface area contributed by atoms with Crippen molar-refractivity contribution in [2.45, 2.75) is 51.6 Å². The normalized spacial score (nSPS) is 19.1. The number of carbonyl (C=O) groups excluding carboxylic acids is 1. The minimum atomic E-state index is -0.427. The van der Waals surface area contributed by atoms with Gasteiger partial charge in [-0.05, 0) is 25.7 Å². The van der Waals surface area contributed by atoms with Crippen molar-refractivity contribution in [1.82, 2.24) is 0 Å². The third kappa shape index (κ3) is 4.32. The van der Waals surface area contributed by atoms with Gasteiger partial charge in [0.05, 0.1) is 24.7 Å². The van der Waals surface area contributed by atoms with Crippen molar-refractivity contribution in [2.75, 3.05) is 18.5 Å². The molecule has 1 aliphatic carbocycles. The number of ether oxygens (including phenoxy) is 2. The molecule has 1 atom stereocenters. The summed E-state index contributed by atoms with van der Waals surface area (Å²) in [4.78, 5) is 12.5. The van der Waals surface area contributed by atoms with E-state index in [0.29, 0.717) is 13.2 Å². The Morgan fingerprint density at radius 3 is 2.68 bits per heavy atom. The molecule has 0 N–H and O–H groups in total. The predicted octanol–water partition coefficient (Wildman–Crippen LogP) is 3.86. The van der Waals surface area contributed by atoms with E-state index < -0.39 is 5.41 Å². The van der Waals surface area contributed by atoms with Crippen molar-refractivity contribution < 1.29 is 14.3 Å². The maximum atomic E-state index is 12.5. The summed E-state index contributed by atoms with van der Waals surface area (Å²) >= 11 is 3.35. The molecule has 0 aliphatic heterocycles. The highest BCUT2D eigenvalue weighted by Crippen LogP contribution is 2.44. The van der Waals surface area contributed by atoms with E-state index in [9.17, 15) is 4.79 Å². The van der Waals surface area contributed by atoms with Gasteiger partial charge in [0.25, 0.3) is 0 Å². The minimum Gasteiger partial charge on any atom is -0.465 e. The molecule has 0 saturated heterocycles. The van der Waals surface area contributed by atoms with Gasteiger partial charge in [-0.3, -0.25) is 4.79 Å². The van der Waals surface area contributed by atoms with E-state index in [1.165, 1.54) is 0 Å². The summed E-state index contributed by atoms with van der Waals surface area (Å²) in [6, 6.07) is 0. The lowest BCUT2D eigenvalue weighted by Gasteiger charge is -2.34. The summed E-state index contributed by atoms with van der Waals surface area (Å²) in [5.41, 5.74) is -0.427. The molecule has 3 nitrogen and oxygen atoms in total. The third-order valence-electron chi connectivity index (χ3n) is 3.82. The highest BCUT2D eigenvalue weighted by atomic mass is 79.9. The van der Waals surface area contributed by atoms with Crippen LogP contribution in [0.4, 0.5) is 0 Å². The predicted molar refractivity (Wildman–Crippen MR) is 80.5 cm³/mol. The van der Waals surface area contributed by atoms with Gasteiger partial charge in [0.15, 0.2) is 0 Å². The highest BCUT2D eigenvalue weighted by Gasteiger charge is 2.48. The zero-order valence-electron chi connectivity index (χ0n) is 11.8. The summed E-state index contributed by atoms with van der Waals surface area (Å²) in [6.45, 7) is 6.73. The van der Waals surface area contributed by atoms with E-state index in [1.54, 1.807) is 6.08 Å². The zero-order chi connectivity index (χ0) is 14.1. The van der Waals surface area contributed by atoms with Crippen molar-refractivity contribution in [2.24, 2.45) is 5.41 Å². The van der Waals surface area contributed by atoms with Crippen LogP contribution >= 0.6 is 15.9 Å². The Hall–Kier alpha value is -0.350. The topological polar surface area (TPSA) is 35.5 Å². The van der Waals surface area contributed by atoms with Gasteiger partial charge in [-0.15, -0.1) is 6.58 Å². The van der Waals surface area contributed by atoms with Gasteiger partial charge in [-0.2, -0.15) is 0 Å². The Balaban J connectivity index is 2.70. The molecule has 0 amide bonds. The van der Waals surface area contributed by atoms with E-state index in [2.05, 4.69) is 29.4 Å². The van der Waals surface area contributed by atoms with Crippen LogP contribution in [0.25, 0.3) is 0 Å². The molecule has 19 heavy (non-hydrogen) atoms. The molecule has 4 heteroatoms. The highest BCUT2D eigenvalue weighted by molar-refractivity contribution is 9.09. The molecule has 0 aromatic heterocycles. The van der Waals surface area contributed by atoms with Crippen LogP contribution in [-0.2, 0) is 14.3 Å². The smallest absolute Gasteiger partial charge is 0.314 e. The quantitative estimate of drug-likeness (QED) is 0.278. The van der Waals surface area contributed by atoms with Gasteiger partial charge in [-0.1, -0.05) is 41.8 Å². The lowest BCUT2D eigenvalue weighted by Crippen LogP contribution is -2.43. The summed E-state index contributed by atoms with van der Waals surface area (Å²) in [5, 5.41) is 0.859. The summed E-state index contributed by atoms with van der Waals surface area (Å²) in [5.74, 6) is -0.0677. The molecule has 110 valence electrons. The van der Waals surface area contributed by atoms with Crippen LogP contribution in [-0.4, -0.2) is 30.6 Å². The van der Waals surface area contributed by atoms with Crippen molar-refractivity contribution in [3.8, 4) is 0 Å². The van der Waals surface area contributed by atoms with Crippen LogP contribution in [0.2, 0.25) is 0 Å². The molecule has 1 aliphatic rings. The number of hydrogen-bond acceptors (Lipinski definition) is 3. The molecule has 0 bridgehead atoms. The summed E-state index contributed by atoms with van der Waals surface area (Å²) in [7, 11) is 0. The van der Waals surface area contributed by atoms with Crippen LogP contribution in [0.3, 0.4) is 0 Å². The maximum Gasteiger partial charge on any atom is 0.314 e. The monoisotopic (exact) mass is 332 g/mol. The molecule has 1 unspecified atom stereocenters. The minimum absolute atomic E-state index is 0.0514. The average molecular weight is 333 g/mol. The van der Waals surface area contributed by atoms with Gasteiger partial charge in [-0.25, -0.2) is 0 Å². The molecule has 0 aromatic rings. The molecular formula is C15H25BrO3. The van der Waals surface area contributed by atoms with Crippen LogP contribution in [0.15, 0.2) is 12.7 Å². The summed E-state index contributed by atoms with van der Waals surface area (Å²) in [6.07, 6.45) is 7.31. The number of alkyl halides is 1. The molecule has 1 saturated carbocycles. The Morgan fingerprint density at radius 2 is 2.16 bits per heavy atom. The van der Waals surface area contributed by atoms with Crippen LogP contribution < -0.4 is 0 Å². The van der Waals surface area contributed by atoms with E-state index in [1.807, 2.05) is 0 Å². The average Bonchev–Trinajstić information content (AvgIpc) is 2.90. The lowest BCUT2D eigenvalue weighted by molar-refractivity contribution is -0.166. The Labute approximate surface area is 124 Å². The first kappa shape index (κ1) is 16.7. The van der Waals surface area contributed by atoms with E-state index in [0.717, 1.165) is 43.9 Å². The molecule has 1 fully saturated rings. The molecule has 0 spiro atoms. The third-order valence-corrected chi connectivity index (χ3v) is 4.38. The van der Waals surface area contributed by atoms with E-state index in [4.69, 9.17) is 9.47 Å². The number of halogens is 1. The van der Waals surface area contributed by atoms with Gasteiger partial charge in [0.1, 0.15) is 0 Å². The first-order chi connectivity index (χ1) is 9.21. The largest absolute Gasteiger partial charge is 0.465 e. The molecule has 0 heterocycles. The molecular weight excluding hydrogens is 308 g/mol. The number of hydrogen-bond donors (Lipinski definition) is 0. The maximum absolute atomic E-state index is 12.5. The van der Waals surface area contributed by atoms with Gasteiger partial charge in [0.2, 0.25) is 0 Å². The summed E-state index contributed by atoms with van der Waals surface area (Å²) < 4.78 is 11.3. The van der Waals surface area contributed by atoms with Crippen molar-refractivity contribution in [3.05, 3.63) is 12.7 Å². The number of carbonyl (C=O) groups is 1. The number of esters is 1. The van der Waals surface area contributed by atoms with Crippen molar-refractivity contribution in [1.29, 1.82) is 0 Å². The van der Waals surface area contributed by atoms with Gasteiger partial charge < -0.3 is 9.47 Å². The van der Waals surface area contributed by atoms with Crippen LogP contribution in [0.5, 0.6) is 0 Å². The fraction of sp³-hybridized carbons (Fsp3) is 0.800. The Bertz CT molecular complexity index is 285. The fourth-order valence-corrected chi connectivity index (χ4v) is 3.11. The number of rotatable bonds is 9. The van der Waals surface area contributed by atoms with Crippen molar-refractivity contribution in [3.63, 3.8) is 0 Å². The first-order valence-electron chi connectivity index (χ1n) is 7.17. The molecule has 0 aromatic carbocycles. The Morgan fingerprint density at radius 1 is 1.47 bits per heavy atom. The van der Waals surface area contributed by atoms with Crippen LogP contribution in [0, 0.1) is 5.41 Å². The Kier molecular flexibility index (Phi) is 7.69. The second-order valence-corrected chi connectivity index (χ2v) is 5.85. The standard InChI is InChI=1S/C15H25BrO3/c1-3-11-18-13(4-2)15(8-5-6-9-15)14(17)19-12-7-10-16/h3,13H,1,4-12H2,2H3. The zero-order valence-corrected chi connectivity index (χ0v) is 13.4. The van der Waals surface area contributed by atoms with Gasteiger partial charge >= 0.3 is 5.97 Å². The second-order valence-electron chi connectivity index (χ2n) is 5.06. The van der Waals surface area contributed by atoms with Crippen molar-refractivity contribution >= 4 is 21.9 Å². The van der Waals surface area contributed by atoms with Gasteiger partial charge in [0, 0.05) is 5.33 Å². The molecule has 1 rings (SSSR count). The van der Waals surface area contributed by atoms with Crippen LogP contribution in [0.1, 0.15) is 45.4 Å². The molecule has 0 radical (unpaired) electrons. The lowest BCUT2D eigenvalue weighted by atomic mass is 9.79. The SMILES string of the molecule is C=CCOC(CC)C1(C(=O)OCCCBr)CCCC1. The second kappa shape index (κ2) is 8.75. The fourth-order valence-electron chi connectivity index (χ4n) is 2.88.